The highest BCUT2D eigenvalue weighted by Crippen LogP contribution is 2.41. The van der Waals surface area contributed by atoms with E-state index in [4.69, 9.17) is 4.74 Å². The first-order valence-corrected chi connectivity index (χ1v) is 12.2. The third kappa shape index (κ3) is 3.56. The summed E-state index contributed by atoms with van der Waals surface area (Å²) in [5, 5.41) is 0. The molecule has 0 radical (unpaired) electrons. The maximum absolute atomic E-state index is 13.5. The Morgan fingerprint density at radius 1 is 1.10 bits per heavy atom. The van der Waals surface area contributed by atoms with E-state index in [-0.39, 0.29) is 5.41 Å². The van der Waals surface area contributed by atoms with Gasteiger partial charge in [-0.15, -0.1) is 0 Å². The molecule has 0 amide bonds. The summed E-state index contributed by atoms with van der Waals surface area (Å²) in [6.45, 7) is 5.47. The van der Waals surface area contributed by atoms with Gasteiger partial charge in [0.2, 0.25) is 16.0 Å². The molecular formula is C22H28N4O3S. The maximum atomic E-state index is 13.5. The second-order valence-corrected chi connectivity index (χ2v) is 10.8. The predicted molar refractivity (Wildman–Crippen MR) is 114 cm³/mol. The lowest BCUT2D eigenvalue weighted by Crippen LogP contribution is -2.54. The van der Waals surface area contributed by atoms with Gasteiger partial charge in [0.25, 0.3) is 0 Å². The summed E-state index contributed by atoms with van der Waals surface area (Å²) < 4.78 is 34.2. The van der Waals surface area contributed by atoms with Crippen LogP contribution in [0.4, 0.5) is 5.95 Å². The molecule has 30 heavy (non-hydrogen) atoms. The maximum Gasteiger partial charge on any atom is 0.243 e. The zero-order chi connectivity index (χ0) is 20.8. The van der Waals surface area contributed by atoms with E-state index in [1.807, 2.05) is 13.0 Å². The van der Waals surface area contributed by atoms with Crippen molar-refractivity contribution < 1.29 is 13.2 Å². The highest BCUT2D eigenvalue weighted by molar-refractivity contribution is 7.89. The molecule has 0 N–H and O–H groups in total. The van der Waals surface area contributed by atoms with E-state index in [1.54, 1.807) is 28.7 Å². The Morgan fingerprint density at radius 3 is 2.77 bits per heavy atom. The van der Waals surface area contributed by atoms with Crippen LogP contribution in [0.1, 0.15) is 36.9 Å². The Kier molecular flexibility index (Phi) is 4.94. The molecule has 4 heterocycles. The summed E-state index contributed by atoms with van der Waals surface area (Å²) in [4.78, 5) is 11.7. The van der Waals surface area contributed by atoms with Crippen LogP contribution in [0.5, 0.6) is 5.75 Å². The minimum atomic E-state index is -3.52. The first-order valence-electron chi connectivity index (χ1n) is 10.8. The number of benzene rings is 1. The zero-order valence-corrected chi connectivity index (χ0v) is 18.2. The minimum absolute atomic E-state index is 0.0451. The molecule has 2 saturated heterocycles. The Hall–Kier alpha value is -2.19. The van der Waals surface area contributed by atoms with Crippen LogP contribution in [-0.2, 0) is 16.4 Å². The summed E-state index contributed by atoms with van der Waals surface area (Å²) >= 11 is 0. The standard InChI is InChI=1S/C22H28N4O3S/c1-17-6-10-23-21(24-17)25-11-2-8-22(15-25)9-3-12-26(16-22)30(27,28)19-4-5-20-18(14-19)7-13-29-20/h4-6,10,14H,2-3,7-9,11-13,15-16H2,1H3. The molecule has 1 atom stereocenters. The molecule has 1 unspecified atom stereocenters. The number of piperidine rings is 2. The quantitative estimate of drug-likeness (QED) is 0.748. The van der Waals surface area contributed by atoms with Crippen molar-refractivity contribution in [2.45, 2.75) is 43.9 Å². The van der Waals surface area contributed by atoms with Crippen molar-refractivity contribution in [2.75, 3.05) is 37.7 Å². The first-order chi connectivity index (χ1) is 14.5. The number of nitrogens with zero attached hydrogens (tertiary/aromatic N) is 4. The fourth-order valence-corrected chi connectivity index (χ4v) is 6.78. The van der Waals surface area contributed by atoms with Gasteiger partial charge in [0.15, 0.2) is 0 Å². The topological polar surface area (TPSA) is 75.6 Å². The molecule has 3 aliphatic heterocycles. The molecule has 0 aliphatic carbocycles. The molecule has 2 fully saturated rings. The monoisotopic (exact) mass is 428 g/mol. The fourth-order valence-electron chi connectivity index (χ4n) is 5.14. The van der Waals surface area contributed by atoms with Crippen molar-refractivity contribution in [3.8, 4) is 5.75 Å². The minimum Gasteiger partial charge on any atom is -0.493 e. The third-order valence-electron chi connectivity index (χ3n) is 6.65. The average Bonchev–Trinajstić information content (AvgIpc) is 3.22. The number of ether oxygens (including phenoxy) is 1. The van der Waals surface area contributed by atoms with Crippen molar-refractivity contribution in [3.63, 3.8) is 0 Å². The number of sulfonamides is 1. The van der Waals surface area contributed by atoms with Crippen molar-refractivity contribution in [1.29, 1.82) is 0 Å². The molecule has 1 aromatic heterocycles. The number of aromatic nitrogens is 2. The van der Waals surface area contributed by atoms with E-state index >= 15 is 0 Å². The lowest BCUT2D eigenvalue weighted by atomic mass is 9.74. The van der Waals surface area contributed by atoms with Gasteiger partial charge in [0.05, 0.1) is 11.5 Å². The second-order valence-electron chi connectivity index (χ2n) is 8.83. The van der Waals surface area contributed by atoms with Crippen LogP contribution < -0.4 is 9.64 Å². The smallest absolute Gasteiger partial charge is 0.243 e. The van der Waals surface area contributed by atoms with Crippen LogP contribution in [0, 0.1) is 12.3 Å². The number of anilines is 1. The highest BCUT2D eigenvalue weighted by Gasteiger charge is 2.43. The van der Waals surface area contributed by atoms with E-state index in [9.17, 15) is 8.42 Å². The lowest BCUT2D eigenvalue weighted by molar-refractivity contribution is 0.122. The molecule has 3 aliphatic rings. The van der Waals surface area contributed by atoms with Crippen LogP contribution in [-0.4, -0.2) is 55.5 Å². The molecule has 1 spiro atoms. The third-order valence-corrected chi connectivity index (χ3v) is 8.49. The first kappa shape index (κ1) is 19.8. The van der Waals surface area contributed by atoms with Gasteiger partial charge >= 0.3 is 0 Å². The summed E-state index contributed by atoms with van der Waals surface area (Å²) in [6.07, 6.45) is 6.57. The normalized spacial score (nSPS) is 24.6. The average molecular weight is 429 g/mol. The summed E-state index contributed by atoms with van der Waals surface area (Å²) in [5.74, 6) is 1.57. The van der Waals surface area contributed by atoms with Crippen LogP contribution in [0.2, 0.25) is 0 Å². The molecule has 0 bridgehead atoms. The molecular weight excluding hydrogens is 400 g/mol. The number of hydrogen-bond acceptors (Lipinski definition) is 6. The van der Waals surface area contributed by atoms with Crippen LogP contribution in [0.3, 0.4) is 0 Å². The number of fused-ring (bicyclic) bond motifs is 1. The number of rotatable bonds is 3. The van der Waals surface area contributed by atoms with Crippen LogP contribution in [0.15, 0.2) is 35.4 Å². The van der Waals surface area contributed by atoms with Gasteiger partial charge in [-0.25, -0.2) is 18.4 Å². The Balaban J connectivity index is 1.38. The highest BCUT2D eigenvalue weighted by atomic mass is 32.2. The number of aryl methyl sites for hydroxylation is 1. The second kappa shape index (κ2) is 7.50. The van der Waals surface area contributed by atoms with Gasteiger partial charge in [0, 0.05) is 49.9 Å². The number of hydrogen-bond donors (Lipinski definition) is 0. The molecule has 1 aromatic carbocycles. The molecule has 8 heteroatoms. The van der Waals surface area contributed by atoms with Gasteiger partial charge in [-0.3, -0.25) is 0 Å². The van der Waals surface area contributed by atoms with Crippen LogP contribution in [0.25, 0.3) is 0 Å². The summed E-state index contributed by atoms with van der Waals surface area (Å²) in [5.41, 5.74) is 1.90. The van der Waals surface area contributed by atoms with Crippen molar-refractivity contribution in [2.24, 2.45) is 5.41 Å². The predicted octanol–water partition coefficient (Wildman–Crippen LogP) is 2.79. The lowest BCUT2D eigenvalue weighted by Gasteiger charge is -2.48. The van der Waals surface area contributed by atoms with E-state index < -0.39 is 10.0 Å². The molecule has 160 valence electrons. The Bertz CT molecular complexity index is 1050. The van der Waals surface area contributed by atoms with Gasteiger partial charge < -0.3 is 9.64 Å². The van der Waals surface area contributed by atoms with Crippen molar-refractivity contribution in [1.82, 2.24) is 14.3 Å². The van der Waals surface area contributed by atoms with Gasteiger partial charge in [-0.1, -0.05) is 0 Å². The van der Waals surface area contributed by atoms with Crippen molar-refractivity contribution in [3.05, 3.63) is 41.7 Å². The zero-order valence-electron chi connectivity index (χ0n) is 17.4. The summed E-state index contributed by atoms with van der Waals surface area (Å²) in [7, 11) is -3.52. The van der Waals surface area contributed by atoms with Gasteiger partial charge in [0.1, 0.15) is 5.75 Å². The van der Waals surface area contributed by atoms with E-state index in [0.29, 0.717) is 24.6 Å². The largest absolute Gasteiger partial charge is 0.493 e. The molecule has 2 aromatic rings. The Morgan fingerprint density at radius 2 is 1.93 bits per heavy atom. The van der Waals surface area contributed by atoms with E-state index in [0.717, 1.165) is 68.1 Å². The van der Waals surface area contributed by atoms with Gasteiger partial charge in [-0.2, -0.15) is 4.31 Å². The summed E-state index contributed by atoms with van der Waals surface area (Å²) in [6, 6.07) is 7.19. The molecule has 7 nitrogen and oxygen atoms in total. The SMILES string of the molecule is Cc1ccnc(N2CCCC3(CCCN(S(=O)(=O)c4ccc5c(c4)CCO5)C3)C2)n1. The van der Waals surface area contributed by atoms with Crippen molar-refractivity contribution >= 4 is 16.0 Å². The van der Waals surface area contributed by atoms with Gasteiger partial charge in [-0.05, 0) is 62.4 Å². The molecule has 5 rings (SSSR count). The fraction of sp³-hybridized carbons (Fsp3) is 0.545. The van der Waals surface area contributed by atoms with Crippen LogP contribution >= 0.6 is 0 Å². The molecule has 0 saturated carbocycles. The Labute approximate surface area is 178 Å². The van der Waals surface area contributed by atoms with E-state index in [1.165, 1.54) is 0 Å². The van der Waals surface area contributed by atoms with E-state index in [2.05, 4.69) is 14.9 Å².